The predicted octanol–water partition coefficient (Wildman–Crippen LogP) is 4.91. The van der Waals surface area contributed by atoms with E-state index < -0.39 is 0 Å². The minimum absolute atomic E-state index is 0.182. The van der Waals surface area contributed by atoms with Crippen molar-refractivity contribution in [2.45, 2.75) is 25.2 Å². The second-order valence-corrected chi connectivity index (χ2v) is 7.56. The van der Waals surface area contributed by atoms with Crippen LogP contribution in [0.15, 0.2) is 53.7 Å². The predicted molar refractivity (Wildman–Crippen MR) is 112 cm³/mol. The van der Waals surface area contributed by atoms with E-state index in [4.69, 9.17) is 27.9 Å². The van der Waals surface area contributed by atoms with Crippen LogP contribution in [-0.2, 0) is 17.9 Å². The molecule has 2 aromatic carbocycles. The number of nitrogens with zero attached hydrogens (tertiary/aromatic N) is 3. The van der Waals surface area contributed by atoms with E-state index in [0.717, 1.165) is 5.75 Å². The fourth-order valence-electron chi connectivity index (χ4n) is 2.47. The summed E-state index contributed by atoms with van der Waals surface area (Å²) >= 11 is 13.2. The quantitative estimate of drug-likeness (QED) is 0.507. The molecule has 0 radical (unpaired) electrons. The molecule has 0 saturated heterocycles. The van der Waals surface area contributed by atoms with E-state index in [1.807, 2.05) is 41.8 Å². The number of aromatic nitrogens is 3. The van der Waals surface area contributed by atoms with Crippen molar-refractivity contribution >= 4 is 46.6 Å². The molecule has 6 nitrogen and oxygen atoms in total. The number of para-hydroxylation sites is 1. The van der Waals surface area contributed by atoms with Gasteiger partial charge in [-0.25, -0.2) is 0 Å². The number of thioether (sulfide) groups is 1. The molecule has 3 aromatic rings. The van der Waals surface area contributed by atoms with Crippen molar-refractivity contribution in [1.82, 2.24) is 14.8 Å². The van der Waals surface area contributed by atoms with Gasteiger partial charge in [-0.15, -0.1) is 10.2 Å². The number of halogens is 2. The number of benzene rings is 2. The summed E-state index contributed by atoms with van der Waals surface area (Å²) in [4.78, 5) is 12.2. The van der Waals surface area contributed by atoms with Crippen LogP contribution in [0.25, 0.3) is 0 Å². The second kappa shape index (κ2) is 9.82. The van der Waals surface area contributed by atoms with E-state index in [-0.39, 0.29) is 11.7 Å². The molecule has 9 heteroatoms. The number of ether oxygens (including phenoxy) is 1. The normalized spacial score (nSPS) is 10.7. The van der Waals surface area contributed by atoms with Gasteiger partial charge in [-0.05, 0) is 37.3 Å². The molecular formula is C19H18Cl2N4O2S. The first-order valence-electron chi connectivity index (χ1n) is 8.54. The first-order chi connectivity index (χ1) is 13.5. The van der Waals surface area contributed by atoms with Gasteiger partial charge in [0.2, 0.25) is 5.91 Å². The Morgan fingerprint density at radius 3 is 2.54 bits per heavy atom. The van der Waals surface area contributed by atoms with E-state index in [2.05, 4.69) is 15.5 Å². The highest BCUT2D eigenvalue weighted by Gasteiger charge is 2.14. The van der Waals surface area contributed by atoms with Gasteiger partial charge in [0, 0.05) is 22.3 Å². The Morgan fingerprint density at radius 1 is 1.14 bits per heavy atom. The number of carbonyl (C=O) groups is 1. The van der Waals surface area contributed by atoms with Crippen molar-refractivity contribution in [3.63, 3.8) is 0 Å². The zero-order valence-corrected chi connectivity index (χ0v) is 17.4. The summed E-state index contributed by atoms with van der Waals surface area (Å²) in [5, 5.41) is 12.7. The largest absolute Gasteiger partial charge is 0.486 e. The van der Waals surface area contributed by atoms with Gasteiger partial charge in [0.05, 0.1) is 5.75 Å². The Hall–Kier alpha value is -2.22. The molecule has 0 fully saturated rings. The van der Waals surface area contributed by atoms with Crippen molar-refractivity contribution in [1.29, 1.82) is 0 Å². The van der Waals surface area contributed by atoms with Crippen LogP contribution in [0.3, 0.4) is 0 Å². The highest BCUT2D eigenvalue weighted by molar-refractivity contribution is 7.99. The minimum atomic E-state index is -0.184. The van der Waals surface area contributed by atoms with E-state index >= 15 is 0 Å². The minimum Gasteiger partial charge on any atom is -0.486 e. The average Bonchev–Trinajstić information content (AvgIpc) is 3.06. The summed E-state index contributed by atoms with van der Waals surface area (Å²) < 4.78 is 7.67. The fourth-order valence-corrected chi connectivity index (χ4v) is 3.82. The molecule has 1 aromatic heterocycles. The molecule has 0 bridgehead atoms. The van der Waals surface area contributed by atoms with Crippen LogP contribution >= 0.6 is 35.0 Å². The Morgan fingerprint density at radius 2 is 1.86 bits per heavy atom. The number of rotatable bonds is 8. The Kier molecular flexibility index (Phi) is 7.19. The van der Waals surface area contributed by atoms with Gasteiger partial charge in [0.1, 0.15) is 12.4 Å². The van der Waals surface area contributed by atoms with Crippen LogP contribution in [0, 0.1) is 0 Å². The lowest BCUT2D eigenvalue weighted by atomic mass is 10.3. The van der Waals surface area contributed by atoms with Gasteiger partial charge < -0.3 is 14.6 Å². The zero-order chi connectivity index (χ0) is 19.9. The molecule has 1 heterocycles. The van der Waals surface area contributed by atoms with Crippen LogP contribution in [0.1, 0.15) is 12.7 Å². The SMILES string of the molecule is CCn1c(COc2ccccc2)nnc1SCC(=O)Nc1cc(Cl)cc(Cl)c1. The molecule has 1 N–H and O–H groups in total. The van der Waals surface area contributed by atoms with E-state index in [1.54, 1.807) is 18.2 Å². The maximum atomic E-state index is 12.2. The lowest BCUT2D eigenvalue weighted by Crippen LogP contribution is -2.15. The fraction of sp³-hybridized carbons (Fsp3) is 0.211. The molecule has 28 heavy (non-hydrogen) atoms. The maximum Gasteiger partial charge on any atom is 0.234 e. The topological polar surface area (TPSA) is 69.0 Å². The van der Waals surface area contributed by atoms with Gasteiger partial charge in [-0.2, -0.15) is 0 Å². The molecule has 0 aliphatic rings. The number of hydrogen-bond acceptors (Lipinski definition) is 5. The monoisotopic (exact) mass is 436 g/mol. The summed E-state index contributed by atoms with van der Waals surface area (Å²) in [7, 11) is 0. The third kappa shape index (κ3) is 5.64. The van der Waals surface area contributed by atoms with Gasteiger partial charge in [0.25, 0.3) is 0 Å². The van der Waals surface area contributed by atoms with Crippen LogP contribution in [0.2, 0.25) is 10.0 Å². The molecule has 0 aliphatic heterocycles. The molecule has 0 atom stereocenters. The van der Waals surface area contributed by atoms with Gasteiger partial charge in [0.15, 0.2) is 11.0 Å². The van der Waals surface area contributed by atoms with Crippen LogP contribution < -0.4 is 10.1 Å². The first kappa shape index (κ1) is 20.5. The molecule has 0 aliphatic carbocycles. The molecule has 0 unspecified atom stereocenters. The van der Waals surface area contributed by atoms with Crippen molar-refractivity contribution in [2.24, 2.45) is 0 Å². The van der Waals surface area contributed by atoms with E-state index in [1.165, 1.54) is 11.8 Å². The Bertz CT molecular complexity index is 930. The smallest absolute Gasteiger partial charge is 0.234 e. The van der Waals surface area contributed by atoms with E-state index in [9.17, 15) is 4.79 Å². The van der Waals surface area contributed by atoms with Crippen molar-refractivity contribution in [3.8, 4) is 5.75 Å². The third-order valence-corrected chi connectivity index (χ3v) is 5.10. The number of amides is 1. The number of hydrogen-bond donors (Lipinski definition) is 1. The van der Waals surface area contributed by atoms with Crippen LogP contribution in [-0.4, -0.2) is 26.4 Å². The molecule has 0 spiro atoms. The summed E-state index contributed by atoms with van der Waals surface area (Å²) in [6.45, 7) is 2.97. The van der Waals surface area contributed by atoms with Crippen LogP contribution in [0.4, 0.5) is 5.69 Å². The van der Waals surface area contributed by atoms with Gasteiger partial charge in [-0.3, -0.25) is 4.79 Å². The zero-order valence-electron chi connectivity index (χ0n) is 15.1. The standard InChI is InChI=1S/C19H18Cl2N4O2S/c1-2-25-17(11-27-16-6-4-3-5-7-16)23-24-19(25)28-12-18(26)22-15-9-13(20)8-14(21)10-15/h3-10H,2,11-12H2,1H3,(H,22,26). The second-order valence-electron chi connectivity index (χ2n) is 5.74. The maximum absolute atomic E-state index is 12.2. The molecule has 3 rings (SSSR count). The van der Waals surface area contributed by atoms with Crippen LogP contribution in [0.5, 0.6) is 5.75 Å². The molecule has 0 saturated carbocycles. The summed E-state index contributed by atoms with van der Waals surface area (Å²) in [6, 6.07) is 14.4. The van der Waals surface area contributed by atoms with Crippen molar-refractivity contribution in [3.05, 3.63) is 64.4 Å². The summed E-state index contributed by atoms with van der Waals surface area (Å²) in [6.07, 6.45) is 0. The lowest BCUT2D eigenvalue weighted by Gasteiger charge is -2.09. The summed E-state index contributed by atoms with van der Waals surface area (Å²) in [5.41, 5.74) is 0.553. The van der Waals surface area contributed by atoms with Crippen molar-refractivity contribution < 1.29 is 9.53 Å². The first-order valence-corrected chi connectivity index (χ1v) is 10.3. The summed E-state index contributed by atoms with van der Waals surface area (Å²) in [5.74, 6) is 1.47. The van der Waals surface area contributed by atoms with E-state index in [0.29, 0.717) is 39.9 Å². The number of anilines is 1. The highest BCUT2D eigenvalue weighted by Crippen LogP contribution is 2.23. The molecular weight excluding hydrogens is 419 g/mol. The molecule has 1 amide bonds. The Balaban J connectivity index is 1.58. The van der Waals surface area contributed by atoms with Gasteiger partial charge in [-0.1, -0.05) is 53.2 Å². The molecule has 146 valence electrons. The number of nitrogens with one attached hydrogen (secondary N) is 1. The highest BCUT2D eigenvalue weighted by atomic mass is 35.5. The number of carbonyl (C=O) groups excluding carboxylic acids is 1. The Labute approximate surface area is 177 Å². The average molecular weight is 437 g/mol. The lowest BCUT2D eigenvalue weighted by molar-refractivity contribution is -0.113. The van der Waals surface area contributed by atoms with Gasteiger partial charge >= 0.3 is 0 Å². The van der Waals surface area contributed by atoms with Crippen molar-refractivity contribution in [2.75, 3.05) is 11.1 Å². The third-order valence-electron chi connectivity index (χ3n) is 3.70.